The van der Waals surface area contributed by atoms with Gasteiger partial charge < -0.3 is 57.4 Å². The van der Waals surface area contributed by atoms with Crippen LogP contribution in [0.4, 0.5) is 9.59 Å². The Morgan fingerprint density at radius 1 is 0.781 bits per heavy atom. The fourth-order valence-electron chi connectivity index (χ4n) is 4.82. The topological polar surface area (TPSA) is 261 Å². The van der Waals surface area contributed by atoms with Gasteiger partial charge in [0.15, 0.2) is 6.61 Å². The van der Waals surface area contributed by atoms with Crippen molar-refractivity contribution >= 4 is 48.4 Å². The molecule has 3 aromatic rings. The van der Waals surface area contributed by atoms with Crippen LogP contribution in [0.25, 0.3) is 16.0 Å². The third kappa shape index (κ3) is 39.9. The second kappa shape index (κ2) is 48.7. The van der Waals surface area contributed by atoms with E-state index >= 15 is 0 Å². The van der Waals surface area contributed by atoms with Crippen molar-refractivity contribution < 1.29 is 88.4 Å². The fraction of sp³-hybridized carbons (Fsp3) is 0.524. The Labute approximate surface area is 415 Å². The van der Waals surface area contributed by atoms with Gasteiger partial charge in [-0.05, 0) is 60.9 Å². The van der Waals surface area contributed by atoms with Crippen LogP contribution in [-0.4, -0.2) is 127 Å². The molecule has 0 bridgehead atoms. The molecule has 0 spiro atoms. The number of aromatic amines is 1. The number of carbonyl (C=O) groups excluding carboxylic acids is 2. The molecule has 1 aliphatic heterocycles. The van der Waals surface area contributed by atoms with Crippen LogP contribution >= 0.6 is 15.8 Å². The summed E-state index contributed by atoms with van der Waals surface area (Å²) < 4.78 is 14.4. The summed E-state index contributed by atoms with van der Waals surface area (Å²) >= 11 is 0. The molecule has 2 heterocycles. The number of amides is 2. The van der Waals surface area contributed by atoms with E-state index in [4.69, 9.17) is 37.2 Å². The summed E-state index contributed by atoms with van der Waals surface area (Å²) in [5.74, 6) is -0.142. The van der Waals surface area contributed by atoms with Crippen molar-refractivity contribution in [2.45, 2.75) is 85.9 Å². The molecule has 3 radical (unpaired) electrons. The molecule has 4 rings (SSSR count). The Morgan fingerprint density at radius 3 is 1.42 bits per heavy atom. The van der Waals surface area contributed by atoms with Gasteiger partial charge in [0, 0.05) is 34.5 Å². The summed E-state index contributed by atoms with van der Waals surface area (Å²) in [4.78, 5) is 46.5. The number of carboxylic acid groups (broad SMARTS) is 2. The van der Waals surface area contributed by atoms with E-state index in [1.807, 2.05) is 12.1 Å². The average Bonchev–Trinajstić information content (AvgIpc) is 4.04. The van der Waals surface area contributed by atoms with Crippen molar-refractivity contribution in [1.29, 1.82) is 0 Å². The van der Waals surface area contributed by atoms with Crippen LogP contribution < -0.4 is 10.6 Å². The summed E-state index contributed by atoms with van der Waals surface area (Å²) in [6, 6.07) is 15.9. The number of H-pyrrole nitrogens is 1. The number of ether oxygens (including phenoxy) is 3. The smallest absolute Gasteiger partial charge is 0.480 e. The molecule has 0 unspecified atom stereocenters. The molecule has 17 nitrogen and oxygen atoms in total. The zero-order valence-electron chi connectivity index (χ0n) is 37.5. The first-order chi connectivity index (χ1) is 29.4. The van der Waals surface area contributed by atoms with Gasteiger partial charge >= 0.3 is 68.9 Å². The van der Waals surface area contributed by atoms with E-state index in [2.05, 4.69) is 84.4 Å². The summed E-state index contributed by atoms with van der Waals surface area (Å²) in [5.41, 5.74) is 15.5. The van der Waals surface area contributed by atoms with Crippen LogP contribution in [0.5, 0.6) is 0 Å². The van der Waals surface area contributed by atoms with Crippen molar-refractivity contribution in [3.8, 4) is 12.3 Å². The number of hydrogen-bond donors (Lipinski definition) is 5. The van der Waals surface area contributed by atoms with Crippen molar-refractivity contribution in [1.82, 2.24) is 26.0 Å². The van der Waals surface area contributed by atoms with Gasteiger partial charge in [0.05, 0.1) is 0 Å². The normalized spacial score (nSPS) is 11.2. The predicted octanol–water partition coefficient (Wildman–Crippen LogP) is 7.90. The molecule has 1 saturated heterocycles. The maximum atomic E-state index is 11.6. The first-order valence-electron chi connectivity index (χ1n) is 20.0. The molecule has 5 N–H and O–H groups in total. The van der Waals surface area contributed by atoms with Gasteiger partial charge in [-0.3, -0.25) is 10.0 Å². The van der Waals surface area contributed by atoms with E-state index in [9.17, 15) is 19.2 Å². The quantitative estimate of drug-likeness (QED) is 0.0165. The average molecular weight is 1290 g/mol. The van der Waals surface area contributed by atoms with Crippen LogP contribution in [0, 0.1) is 18.5 Å². The number of aromatic nitrogens is 3. The van der Waals surface area contributed by atoms with Gasteiger partial charge in [-0.15, -0.1) is 27.5 Å². The molecular formula is C42H64Au2BN8O9P2. The maximum absolute atomic E-state index is 11.6. The zero-order chi connectivity index (χ0) is 46.1. The fourth-order valence-corrected chi connectivity index (χ4v) is 7.51. The number of terminal acetylenes is 1. The Kier molecular flexibility index (Phi) is 52.8. The number of carbonyl (C=O) groups is 4. The molecular weight excluding hydrogens is 1230 g/mol. The molecule has 0 saturated carbocycles. The summed E-state index contributed by atoms with van der Waals surface area (Å²) in [6.45, 7) is 15.4. The molecule has 64 heavy (non-hydrogen) atoms. The van der Waals surface area contributed by atoms with Gasteiger partial charge in [-0.25, -0.2) is 19.2 Å². The number of nitrogens with zero attached hydrogens (tertiary/aromatic N) is 5. The van der Waals surface area contributed by atoms with Crippen LogP contribution in [-0.2, 0) is 88.0 Å². The number of nitrogens with one attached hydrogen (secondary N) is 3. The summed E-state index contributed by atoms with van der Waals surface area (Å²) in [7, 11) is 0.892. The van der Waals surface area contributed by atoms with Crippen LogP contribution in [0.3, 0.4) is 0 Å². The largest absolute Gasteiger partial charge is 1.00 e. The molecule has 0 aliphatic carbocycles. The Hall–Kier alpha value is -3.70. The van der Waals surface area contributed by atoms with Gasteiger partial charge in [0.25, 0.3) is 0 Å². The van der Waals surface area contributed by atoms with Gasteiger partial charge in [-0.2, -0.15) is 0 Å². The number of rotatable bonds is 17. The van der Waals surface area contributed by atoms with Gasteiger partial charge in [0.1, 0.15) is 18.7 Å². The van der Waals surface area contributed by atoms with E-state index in [0.29, 0.717) is 21.5 Å². The molecule has 22 heteroatoms. The molecule has 1 aromatic heterocycles. The zero-order valence-corrected chi connectivity index (χ0v) is 43.6. The summed E-state index contributed by atoms with van der Waals surface area (Å²) in [5, 5.41) is 32.0. The minimum absolute atomic E-state index is 0. The molecule has 2 amide bonds. The molecule has 2 atom stereocenters. The SMILES string of the molecule is C#CCOC(=O)N[C@H](Cc1ccccc1)C(=O)O.C1CCOC1.CCP(CC)CC.CCP(CC)CC.O=C(N[C@H](Cc1ccccc1)C(=O)O)OCc1[c-]nn[nH]1.[Au+].[Au+].[B].[N-]=[N+]=[N-]. The summed E-state index contributed by atoms with van der Waals surface area (Å²) in [6.07, 6.45) is 17.1. The van der Waals surface area contributed by atoms with Gasteiger partial charge in [0.2, 0.25) is 0 Å². The maximum Gasteiger partial charge on any atom is 1.00 e. The van der Waals surface area contributed by atoms with E-state index < -0.39 is 36.2 Å². The van der Waals surface area contributed by atoms with Gasteiger partial charge in [-0.1, -0.05) is 114 Å². The Morgan fingerprint density at radius 2 is 1.16 bits per heavy atom. The first-order valence-corrected chi connectivity index (χ1v) is 23.8. The van der Waals surface area contributed by atoms with Crippen LogP contribution in [0.1, 0.15) is 71.2 Å². The van der Waals surface area contributed by atoms with Crippen LogP contribution in [0.15, 0.2) is 60.7 Å². The number of aliphatic carboxylic acids is 2. The Balaban J connectivity index is -0.000000242. The first kappa shape index (κ1) is 69.3. The monoisotopic (exact) mass is 1290 g/mol. The Bertz CT molecular complexity index is 1610. The number of benzene rings is 2. The van der Waals surface area contributed by atoms with Crippen molar-refractivity contribution in [3.63, 3.8) is 0 Å². The predicted molar refractivity (Wildman–Crippen MR) is 248 cm³/mol. The van der Waals surface area contributed by atoms with E-state index in [-0.39, 0.29) is 79.2 Å². The van der Waals surface area contributed by atoms with E-state index in [0.717, 1.165) is 24.3 Å². The second-order valence-electron chi connectivity index (χ2n) is 12.4. The van der Waals surface area contributed by atoms with E-state index in [1.54, 1.807) is 48.5 Å². The minimum atomic E-state index is -1.13. The standard InChI is InChI=1S/C13H13N4O4.C13H13NO4.2C6H15P.C4H8O.2Au.B.N3/c18-12(19)11(6-9-4-2-1-3-5-9)15-13(20)21-8-10-7-14-17-16-10;1-2-8-18-13(17)14-11(12(15)16)9-10-6-4-3-5-7-10;2*1-4-7(5-2)6-3;1-2-4-5-3-1;;;;1-3-2/h1-5,11H,6,8H2,(H,15,20)(H,18,19)(H,14,16,17);1,3-7,11H,8-9H2,(H,14,17)(H,15,16);2*4-6H2,1-3H3;1-4H2;;;;/q-1;;;;;2*+1;;-1/t2*11-;;;;;;;/m11......./s1. The van der Waals surface area contributed by atoms with Crippen molar-refractivity contribution in [2.75, 3.05) is 56.8 Å². The van der Waals surface area contributed by atoms with E-state index in [1.165, 1.54) is 54.7 Å². The molecule has 1 aliphatic rings. The molecule has 2 aromatic carbocycles. The molecule has 1 fully saturated rings. The van der Waals surface area contributed by atoms with Crippen LogP contribution in [0.2, 0.25) is 0 Å². The van der Waals surface area contributed by atoms with Crippen molar-refractivity contribution in [2.24, 2.45) is 0 Å². The second-order valence-corrected chi connectivity index (χ2v) is 18.8. The number of alkyl carbamates (subject to hydrolysis) is 2. The van der Waals surface area contributed by atoms with Crippen molar-refractivity contribution in [3.05, 3.63) is 99.7 Å². The molecule has 361 valence electrons. The number of carboxylic acids is 2. The third-order valence-electron chi connectivity index (χ3n) is 8.31. The number of hydrogen-bond acceptors (Lipinski definition) is 9. The third-order valence-corrected chi connectivity index (χ3v) is 13.7. The minimum Gasteiger partial charge on any atom is -0.480 e.